The fraction of sp³-hybridized carbons (Fsp3) is 0.364. The number of piperidine rings is 1. The molecule has 0 atom stereocenters. The van der Waals surface area contributed by atoms with Crippen molar-refractivity contribution < 1.29 is 27.5 Å². The zero-order valence-corrected chi connectivity index (χ0v) is 19.2. The van der Waals surface area contributed by atoms with Gasteiger partial charge in [-0.25, -0.2) is 8.42 Å². The summed E-state index contributed by atoms with van der Waals surface area (Å²) in [4.78, 5) is 25.9. The number of benzene rings is 2. The highest BCUT2D eigenvalue weighted by Gasteiger charge is 2.28. The summed E-state index contributed by atoms with van der Waals surface area (Å²) < 4.78 is 38.0. The van der Waals surface area contributed by atoms with Gasteiger partial charge in [-0.3, -0.25) is 14.3 Å². The Morgan fingerprint density at radius 1 is 1.06 bits per heavy atom. The number of nitrogens with one attached hydrogen (secondary N) is 1. The van der Waals surface area contributed by atoms with Crippen molar-refractivity contribution in [3.8, 4) is 5.75 Å². The topological polar surface area (TPSA) is 102 Å². The predicted molar refractivity (Wildman–Crippen MR) is 120 cm³/mol. The van der Waals surface area contributed by atoms with Crippen LogP contribution in [0.2, 0.25) is 5.02 Å². The van der Waals surface area contributed by atoms with Gasteiger partial charge in [0.15, 0.2) is 6.61 Å². The first-order valence-electron chi connectivity index (χ1n) is 10.2. The van der Waals surface area contributed by atoms with Gasteiger partial charge in [0.05, 0.1) is 17.4 Å². The maximum absolute atomic E-state index is 12.5. The van der Waals surface area contributed by atoms with Crippen LogP contribution in [-0.2, 0) is 24.3 Å². The van der Waals surface area contributed by atoms with Crippen molar-refractivity contribution in [2.45, 2.75) is 24.7 Å². The second-order valence-corrected chi connectivity index (χ2v) is 9.40. The fourth-order valence-electron chi connectivity index (χ4n) is 3.31. The Kier molecular flexibility index (Phi) is 7.98. The van der Waals surface area contributed by atoms with E-state index in [1.807, 2.05) is 0 Å². The number of likely N-dealkylation sites (tertiary alicyclic amines) is 1. The molecule has 3 rings (SSSR count). The number of hydrogen-bond donors (Lipinski definition) is 1. The van der Waals surface area contributed by atoms with Gasteiger partial charge in [-0.05, 0) is 68.3 Å². The Morgan fingerprint density at radius 3 is 2.28 bits per heavy atom. The van der Waals surface area contributed by atoms with Gasteiger partial charge < -0.3 is 14.4 Å². The number of rotatable bonds is 8. The molecule has 0 aliphatic carbocycles. The average molecular weight is 481 g/mol. The van der Waals surface area contributed by atoms with Crippen LogP contribution in [0, 0.1) is 5.92 Å². The van der Waals surface area contributed by atoms with Gasteiger partial charge in [0.25, 0.3) is 15.9 Å². The standard InChI is InChI=1S/C22H25ClN2O6S/c1-2-30-22(27)16-11-13-25(14-12-16)21(26)15-31-19-7-9-20(10-8-19)32(28,29)24-18-5-3-17(23)4-6-18/h3-10,16,24H,2,11-15H2,1H3. The van der Waals surface area contributed by atoms with E-state index in [1.54, 1.807) is 36.1 Å². The molecule has 0 aromatic heterocycles. The summed E-state index contributed by atoms with van der Waals surface area (Å²) in [5.74, 6) is -0.189. The highest BCUT2D eigenvalue weighted by atomic mass is 35.5. The molecule has 1 saturated heterocycles. The Morgan fingerprint density at radius 2 is 1.69 bits per heavy atom. The second kappa shape index (κ2) is 10.7. The Balaban J connectivity index is 1.50. The van der Waals surface area contributed by atoms with E-state index in [0.29, 0.717) is 49.0 Å². The summed E-state index contributed by atoms with van der Waals surface area (Å²) in [5.41, 5.74) is 0.395. The van der Waals surface area contributed by atoms with Crippen molar-refractivity contribution in [3.05, 3.63) is 53.6 Å². The molecule has 0 radical (unpaired) electrons. The molecule has 32 heavy (non-hydrogen) atoms. The van der Waals surface area contributed by atoms with E-state index in [0.717, 1.165) is 0 Å². The lowest BCUT2D eigenvalue weighted by Gasteiger charge is -2.30. The van der Waals surface area contributed by atoms with Crippen LogP contribution in [0.1, 0.15) is 19.8 Å². The number of anilines is 1. The molecule has 172 valence electrons. The number of nitrogens with zero attached hydrogens (tertiary/aromatic N) is 1. The van der Waals surface area contributed by atoms with E-state index in [-0.39, 0.29) is 29.3 Å². The number of sulfonamides is 1. The second-order valence-electron chi connectivity index (χ2n) is 7.28. The van der Waals surface area contributed by atoms with Crippen molar-refractivity contribution in [1.29, 1.82) is 0 Å². The van der Waals surface area contributed by atoms with Crippen LogP contribution >= 0.6 is 11.6 Å². The van der Waals surface area contributed by atoms with Gasteiger partial charge in [0.1, 0.15) is 5.75 Å². The van der Waals surface area contributed by atoms with E-state index >= 15 is 0 Å². The molecule has 0 unspecified atom stereocenters. The summed E-state index contributed by atoms with van der Waals surface area (Å²) >= 11 is 5.81. The quantitative estimate of drug-likeness (QED) is 0.581. The van der Waals surface area contributed by atoms with E-state index in [9.17, 15) is 18.0 Å². The van der Waals surface area contributed by atoms with Gasteiger partial charge in [-0.1, -0.05) is 11.6 Å². The highest BCUT2D eigenvalue weighted by molar-refractivity contribution is 7.92. The molecule has 2 aromatic rings. The van der Waals surface area contributed by atoms with Crippen molar-refractivity contribution in [1.82, 2.24) is 4.90 Å². The summed E-state index contributed by atoms with van der Waals surface area (Å²) in [7, 11) is -3.77. The van der Waals surface area contributed by atoms with Crippen LogP contribution in [0.15, 0.2) is 53.4 Å². The monoisotopic (exact) mass is 480 g/mol. The lowest BCUT2D eigenvalue weighted by Crippen LogP contribution is -2.42. The minimum absolute atomic E-state index is 0.0622. The molecule has 0 saturated carbocycles. The first-order chi connectivity index (χ1) is 15.3. The molecule has 1 aliphatic rings. The third-order valence-electron chi connectivity index (χ3n) is 5.06. The summed E-state index contributed by atoms with van der Waals surface area (Å²) in [6, 6.07) is 12.1. The predicted octanol–water partition coefficient (Wildman–Crippen LogP) is 3.32. The summed E-state index contributed by atoms with van der Waals surface area (Å²) in [6.07, 6.45) is 1.13. The molecule has 1 heterocycles. The van der Waals surface area contributed by atoms with E-state index in [2.05, 4.69) is 4.72 Å². The third-order valence-corrected chi connectivity index (χ3v) is 6.71. The van der Waals surface area contributed by atoms with Crippen molar-refractivity contribution >= 4 is 39.2 Å². The lowest BCUT2D eigenvalue weighted by molar-refractivity contribution is -0.151. The molecule has 1 fully saturated rings. The van der Waals surface area contributed by atoms with Crippen LogP contribution in [0.5, 0.6) is 5.75 Å². The van der Waals surface area contributed by atoms with Gasteiger partial charge in [-0.2, -0.15) is 0 Å². The molecule has 10 heteroatoms. The first-order valence-corrected chi connectivity index (χ1v) is 12.1. The SMILES string of the molecule is CCOC(=O)C1CCN(C(=O)COc2ccc(S(=O)(=O)Nc3ccc(Cl)cc3)cc2)CC1. The molecule has 0 spiro atoms. The number of carbonyl (C=O) groups excluding carboxylic acids is 2. The number of carbonyl (C=O) groups is 2. The van der Waals surface area contributed by atoms with Gasteiger partial charge in [0.2, 0.25) is 0 Å². The molecule has 8 nitrogen and oxygen atoms in total. The fourth-order valence-corrected chi connectivity index (χ4v) is 4.49. The Hall–Kier alpha value is -2.78. The van der Waals surface area contributed by atoms with Crippen LogP contribution < -0.4 is 9.46 Å². The molecule has 1 amide bonds. The van der Waals surface area contributed by atoms with E-state index in [1.165, 1.54) is 24.3 Å². The zero-order chi connectivity index (χ0) is 23.1. The van der Waals surface area contributed by atoms with Gasteiger partial charge in [0, 0.05) is 23.8 Å². The molecule has 2 aromatic carbocycles. The number of amides is 1. The molecule has 0 bridgehead atoms. The minimum atomic E-state index is -3.77. The van der Waals surface area contributed by atoms with Crippen LogP contribution in [0.25, 0.3) is 0 Å². The van der Waals surface area contributed by atoms with E-state index < -0.39 is 10.0 Å². The lowest BCUT2D eigenvalue weighted by atomic mass is 9.97. The van der Waals surface area contributed by atoms with Crippen LogP contribution in [0.3, 0.4) is 0 Å². The Bertz CT molecular complexity index is 1030. The van der Waals surface area contributed by atoms with Gasteiger partial charge in [-0.15, -0.1) is 0 Å². The zero-order valence-electron chi connectivity index (χ0n) is 17.6. The number of halogens is 1. The summed E-state index contributed by atoms with van der Waals surface area (Å²) in [5, 5.41) is 0.507. The van der Waals surface area contributed by atoms with E-state index in [4.69, 9.17) is 21.1 Å². The van der Waals surface area contributed by atoms with Crippen molar-refractivity contribution in [2.24, 2.45) is 5.92 Å². The highest BCUT2D eigenvalue weighted by Crippen LogP contribution is 2.22. The molecule has 1 N–H and O–H groups in total. The largest absolute Gasteiger partial charge is 0.484 e. The molecular weight excluding hydrogens is 456 g/mol. The van der Waals surface area contributed by atoms with Crippen LogP contribution in [-0.4, -0.2) is 51.5 Å². The third kappa shape index (κ3) is 6.37. The normalized spacial score (nSPS) is 14.6. The number of hydrogen-bond acceptors (Lipinski definition) is 6. The maximum Gasteiger partial charge on any atom is 0.309 e. The smallest absolute Gasteiger partial charge is 0.309 e. The molecular formula is C22H25ClN2O6S. The Labute approximate surface area is 192 Å². The maximum atomic E-state index is 12.5. The molecule has 1 aliphatic heterocycles. The average Bonchev–Trinajstić information content (AvgIpc) is 2.79. The van der Waals surface area contributed by atoms with Gasteiger partial charge >= 0.3 is 5.97 Å². The summed E-state index contributed by atoms with van der Waals surface area (Å²) in [6.45, 7) is 2.90. The number of ether oxygens (including phenoxy) is 2. The number of esters is 1. The van der Waals surface area contributed by atoms with Crippen molar-refractivity contribution in [3.63, 3.8) is 0 Å². The minimum Gasteiger partial charge on any atom is -0.484 e. The first kappa shape index (κ1) is 23.9. The van der Waals surface area contributed by atoms with Crippen LogP contribution in [0.4, 0.5) is 5.69 Å². The van der Waals surface area contributed by atoms with Crippen molar-refractivity contribution in [2.75, 3.05) is 31.0 Å².